The molecule has 1 atom stereocenters. The standard InChI is InChI=1S/C17H18N6O/c1-11-5-7-23-15(8-11)12(9-20-23)17(24)21-14-10-19-22-16(14)13-4-2-3-6-18-13/h2-4,6,9-11H,5,7-8H2,1H3,(H,19,22)(H,21,24). The number of aromatic nitrogens is 5. The van der Waals surface area contributed by atoms with Crippen molar-refractivity contribution in [1.82, 2.24) is 25.0 Å². The summed E-state index contributed by atoms with van der Waals surface area (Å²) in [5.41, 5.74) is 3.68. The molecule has 1 aliphatic rings. The zero-order chi connectivity index (χ0) is 16.5. The Labute approximate surface area is 139 Å². The number of H-pyrrole nitrogens is 1. The van der Waals surface area contributed by atoms with Crippen molar-refractivity contribution in [3.8, 4) is 11.4 Å². The van der Waals surface area contributed by atoms with Crippen molar-refractivity contribution in [2.24, 2.45) is 5.92 Å². The predicted octanol–water partition coefficient (Wildman–Crippen LogP) is 2.50. The van der Waals surface area contributed by atoms with Gasteiger partial charge in [-0.25, -0.2) is 0 Å². The Morgan fingerprint density at radius 1 is 1.38 bits per heavy atom. The van der Waals surface area contributed by atoms with E-state index in [0.29, 0.717) is 22.9 Å². The molecular weight excluding hydrogens is 304 g/mol. The molecule has 0 saturated heterocycles. The van der Waals surface area contributed by atoms with E-state index in [9.17, 15) is 4.79 Å². The molecule has 1 amide bonds. The Kier molecular flexibility index (Phi) is 3.60. The summed E-state index contributed by atoms with van der Waals surface area (Å²) in [5, 5.41) is 14.2. The smallest absolute Gasteiger partial charge is 0.259 e. The second-order valence-corrected chi connectivity index (χ2v) is 6.15. The van der Waals surface area contributed by atoms with E-state index in [-0.39, 0.29) is 5.91 Å². The highest BCUT2D eigenvalue weighted by Gasteiger charge is 2.24. The van der Waals surface area contributed by atoms with Crippen LogP contribution >= 0.6 is 0 Å². The van der Waals surface area contributed by atoms with Crippen LogP contribution in [0, 0.1) is 5.92 Å². The first kappa shape index (κ1) is 14.6. The minimum absolute atomic E-state index is 0.163. The van der Waals surface area contributed by atoms with Crippen molar-refractivity contribution >= 4 is 11.6 Å². The van der Waals surface area contributed by atoms with Crippen LogP contribution in [0.25, 0.3) is 11.4 Å². The third-order valence-corrected chi connectivity index (χ3v) is 4.38. The molecule has 0 aromatic carbocycles. The molecule has 3 aromatic rings. The minimum atomic E-state index is -0.163. The van der Waals surface area contributed by atoms with Crippen LogP contribution in [0.15, 0.2) is 36.8 Å². The fourth-order valence-electron chi connectivity index (χ4n) is 3.06. The molecule has 0 radical (unpaired) electrons. The molecule has 0 bridgehead atoms. The van der Waals surface area contributed by atoms with Gasteiger partial charge < -0.3 is 5.32 Å². The number of fused-ring (bicyclic) bond motifs is 1. The number of rotatable bonds is 3. The largest absolute Gasteiger partial charge is 0.319 e. The molecule has 0 spiro atoms. The summed E-state index contributed by atoms with van der Waals surface area (Å²) in [5.74, 6) is 0.405. The number of pyridine rings is 1. The Morgan fingerprint density at radius 3 is 3.12 bits per heavy atom. The molecule has 1 aliphatic heterocycles. The first-order valence-electron chi connectivity index (χ1n) is 8.03. The van der Waals surface area contributed by atoms with Gasteiger partial charge in [0.2, 0.25) is 0 Å². The Balaban J connectivity index is 1.60. The SMILES string of the molecule is CC1CCn2ncc(C(=O)Nc3cn[nH]c3-c3ccccn3)c2C1. The van der Waals surface area contributed by atoms with E-state index in [4.69, 9.17) is 0 Å². The molecule has 4 rings (SSSR count). The van der Waals surface area contributed by atoms with Crippen molar-refractivity contribution in [3.63, 3.8) is 0 Å². The molecule has 0 aliphatic carbocycles. The first-order valence-corrected chi connectivity index (χ1v) is 8.03. The van der Waals surface area contributed by atoms with E-state index in [0.717, 1.165) is 30.8 Å². The van der Waals surface area contributed by atoms with E-state index >= 15 is 0 Å². The summed E-state index contributed by atoms with van der Waals surface area (Å²) in [6.45, 7) is 3.07. The normalized spacial score (nSPS) is 16.6. The van der Waals surface area contributed by atoms with Crippen LogP contribution in [0.1, 0.15) is 29.4 Å². The lowest BCUT2D eigenvalue weighted by Gasteiger charge is -2.20. The maximum absolute atomic E-state index is 12.7. The monoisotopic (exact) mass is 322 g/mol. The maximum Gasteiger partial charge on any atom is 0.259 e. The lowest BCUT2D eigenvalue weighted by atomic mass is 9.96. The predicted molar refractivity (Wildman–Crippen MR) is 89.5 cm³/mol. The summed E-state index contributed by atoms with van der Waals surface area (Å²) in [6, 6.07) is 5.61. The fraction of sp³-hybridized carbons (Fsp3) is 0.294. The van der Waals surface area contributed by atoms with Gasteiger partial charge in [-0.3, -0.25) is 19.6 Å². The lowest BCUT2D eigenvalue weighted by Crippen LogP contribution is -2.21. The minimum Gasteiger partial charge on any atom is -0.319 e. The molecule has 2 N–H and O–H groups in total. The molecule has 7 nitrogen and oxygen atoms in total. The average molecular weight is 322 g/mol. The van der Waals surface area contributed by atoms with Crippen LogP contribution in [0.3, 0.4) is 0 Å². The summed E-state index contributed by atoms with van der Waals surface area (Å²) in [6.07, 6.45) is 6.93. The number of aryl methyl sites for hydroxylation is 1. The fourth-order valence-corrected chi connectivity index (χ4v) is 3.06. The van der Waals surface area contributed by atoms with Crippen LogP contribution in [0.4, 0.5) is 5.69 Å². The van der Waals surface area contributed by atoms with Crippen molar-refractivity contribution in [1.29, 1.82) is 0 Å². The van der Waals surface area contributed by atoms with Crippen LogP contribution < -0.4 is 5.32 Å². The maximum atomic E-state index is 12.7. The van der Waals surface area contributed by atoms with Crippen molar-refractivity contribution < 1.29 is 4.79 Å². The summed E-state index contributed by atoms with van der Waals surface area (Å²) < 4.78 is 1.93. The highest BCUT2D eigenvalue weighted by atomic mass is 16.1. The second kappa shape index (κ2) is 5.92. The highest BCUT2D eigenvalue weighted by Crippen LogP contribution is 2.26. The zero-order valence-electron chi connectivity index (χ0n) is 13.4. The Hall–Kier alpha value is -2.96. The summed E-state index contributed by atoms with van der Waals surface area (Å²) in [4.78, 5) is 17.0. The van der Waals surface area contributed by atoms with Crippen LogP contribution in [-0.4, -0.2) is 30.9 Å². The molecule has 24 heavy (non-hydrogen) atoms. The van der Waals surface area contributed by atoms with Crippen molar-refractivity contribution in [2.75, 3.05) is 5.32 Å². The number of anilines is 1. The Morgan fingerprint density at radius 2 is 2.29 bits per heavy atom. The van der Waals surface area contributed by atoms with E-state index in [1.54, 1.807) is 18.6 Å². The van der Waals surface area contributed by atoms with Crippen LogP contribution in [0.5, 0.6) is 0 Å². The zero-order valence-corrected chi connectivity index (χ0v) is 13.4. The van der Waals surface area contributed by atoms with E-state index in [1.165, 1.54) is 0 Å². The molecule has 4 heterocycles. The van der Waals surface area contributed by atoms with Gasteiger partial charge >= 0.3 is 0 Å². The number of nitrogens with zero attached hydrogens (tertiary/aromatic N) is 4. The highest BCUT2D eigenvalue weighted by molar-refractivity contribution is 6.06. The second-order valence-electron chi connectivity index (χ2n) is 6.15. The number of amides is 1. The number of carbonyl (C=O) groups is 1. The molecule has 1 unspecified atom stereocenters. The summed E-state index contributed by atoms with van der Waals surface area (Å²) in [7, 11) is 0. The number of hydrogen-bond acceptors (Lipinski definition) is 4. The van der Waals surface area contributed by atoms with Gasteiger partial charge in [-0.05, 0) is 30.9 Å². The summed E-state index contributed by atoms with van der Waals surface area (Å²) >= 11 is 0. The van der Waals surface area contributed by atoms with Crippen molar-refractivity contribution in [2.45, 2.75) is 26.3 Å². The third kappa shape index (κ3) is 2.58. The number of aromatic amines is 1. The molecule has 0 fully saturated rings. The van der Waals surface area contributed by atoms with Gasteiger partial charge in [-0.15, -0.1) is 0 Å². The van der Waals surface area contributed by atoms with Gasteiger partial charge in [0.05, 0.1) is 35.0 Å². The van der Waals surface area contributed by atoms with Gasteiger partial charge in [0, 0.05) is 12.7 Å². The van der Waals surface area contributed by atoms with Crippen LogP contribution in [-0.2, 0) is 13.0 Å². The number of hydrogen-bond donors (Lipinski definition) is 2. The van der Waals surface area contributed by atoms with Gasteiger partial charge in [0.25, 0.3) is 5.91 Å². The molecule has 3 aromatic heterocycles. The van der Waals surface area contributed by atoms with Gasteiger partial charge in [0.15, 0.2) is 0 Å². The van der Waals surface area contributed by atoms with Crippen LogP contribution in [0.2, 0.25) is 0 Å². The number of nitrogens with one attached hydrogen (secondary N) is 2. The lowest BCUT2D eigenvalue weighted by molar-refractivity contribution is 0.102. The van der Waals surface area contributed by atoms with Crippen molar-refractivity contribution in [3.05, 3.63) is 48.0 Å². The quantitative estimate of drug-likeness (QED) is 0.775. The van der Waals surface area contributed by atoms with E-state index in [1.807, 2.05) is 22.9 Å². The molecule has 7 heteroatoms. The topological polar surface area (TPSA) is 88.5 Å². The third-order valence-electron chi connectivity index (χ3n) is 4.38. The van der Waals surface area contributed by atoms with Gasteiger partial charge in [0.1, 0.15) is 5.69 Å². The van der Waals surface area contributed by atoms with Gasteiger partial charge in [-0.2, -0.15) is 10.2 Å². The average Bonchev–Trinajstić information content (AvgIpc) is 3.22. The molecular formula is C17H18N6O. The first-order chi connectivity index (χ1) is 11.7. The van der Waals surface area contributed by atoms with E-state index in [2.05, 4.69) is 32.5 Å². The van der Waals surface area contributed by atoms with E-state index < -0.39 is 0 Å². The number of carbonyl (C=O) groups excluding carboxylic acids is 1. The molecule has 0 saturated carbocycles. The Bertz CT molecular complexity index is 866. The molecule has 122 valence electrons. The van der Waals surface area contributed by atoms with Gasteiger partial charge in [-0.1, -0.05) is 13.0 Å².